The van der Waals surface area contributed by atoms with Crippen molar-refractivity contribution in [1.82, 2.24) is 0 Å². The smallest absolute Gasteiger partial charge is 0.264 e. The van der Waals surface area contributed by atoms with Gasteiger partial charge in [-0.2, -0.15) is 0 Å². The van der Waals surface area contributed by atoms with Crippen molar-refractivity contribution in [3.05, 3.63) is 82.0 Å². The van der Waals surface area contributed by atoms with Crippen molar-refractivity contribution < 1.29 is 19.4 Å². The molecule has 1 aromatic heterocycles. The molecule has 1 atom stereocenters. The quantitative estimate of drug-likeness (QED) is 0.648. The summed E-state index contributed by atoms with van der Waals surface area (Å²) in [6.07, 6.45) is -0.322. The third kappa shape index (κ3) is 3.10. The Balaban J connectivity index is 1.67. The van der Waals surface area contributed by atoms with Gasteiger partial charge < -0.3 is 14.7 Å². The highest BCUT2D eigenvalue weighted by Crippen LogP contribution is 2.43. The summed E-state index contributed by atoms with van der Waals surface area (Å²) >= 11 is 1.55. The molecule has 0 saturated heterocycles. The molecule has 6 heteroatoms. The topological polar surface area (TPSA) is 66.8 Å². The van der Waals surface area contributed by atoms with E-state index in [0.717, 1.165) is 4.88 Å². The van der Waals surface area contributed by atoms with Gasteiger partial charge in [-0.05, 0) is 29.6 Å². The molecule has 2 aromatic carbocycles. The summed E-state index contributed by atoms with van der Waals surface area (Å²) in [6.45, 7) is 0.364. The molecular formula is C22H19NO4S. The van der Waals surface area contributed by atoms with Crippen molar-refractivity contribution in [2.24, 2.45) is 0 Å². The minimum atomic E-state index is -1.88. The number of fused-ring (bicyclic) bond motifs is 1. The van der Waals surface area contributed by atoms with Crippen LogP contribution in [0.2, 0.25) is 0 Å². The summed E-state index contributed by atoms with van der Waals surface area (Å²) in [5, 5.41) is 13.3. The number of anilines is 1. The maximum Gasteiger partial charge on any atom is 0.264 e. The fourth-order valence-corrected chi connectivity index (χ4v) is 4.22. The van der Waals surface area contributed by atoms with Gasteiger partial charge in [-0.1, -0.05) is 36.4 Å². The van der Waals surface area contributed by atoms with Gasteiger partial charge in [0, 0.05) is 16.0 Å². The molecule has 1 aliphatic rings. The summed E-state index contributed by atoms with van der Waals surface area (Å²) < 4.78 is 5.16. The van der Waals surface area contributed by atoms with E-state index in [1.807, 2.05) is 23.6 Å². The van der Waals surface area contributed by atoms with Gasteiger partial charge in [-0.15, -0.1) is 11.3 Å². The van der Waals surface area contributed by atoms with E-state index in [-0.39, 0.29) is 12.2 Å². The van der Waals surface area contributed by atoms with Crippen LogP contribution in [0.15, 0.2) is 66.0 Å². The number of benzene rings is 2. The zero-order chi connectivity index (χ0) is 19.7. The lowest BCUT2D eigenvalue weighted by Gasteiger charge is -2.22. The van der Waals surface area contributed by atoms with E-state index in [1.165, 1.54) is 7.11 Å². The number of para-hydroxylation sites is 1. The molecule has 28 heavy (non-hydrogen) atoms. The number of rotatable bonds is 6. The normalized spacial score (nSPS) is 18.2. The second-order valence-corrected chi connectivity index (χ2v) is 7.71. The van der Waals surface area contributed by atoms with E-state index in [9.17, 15) is 14.7 Å². The Labute approximate surface area is 166 Å². The van der Waals surface area contributed by atoms with Gasteiger partial charge in [0.25, 0.3) is 5.91 Å². The molecule has 0 aliphatic carbocycles. The second kappa shape index (κ2) is 7.22. The third-order valence-corrected chi connectivity index (χ3v) is 5.80. The lowest BCUT2D eigenvalue weighted by atomic mass is 9.88. The lowest BCUT2D eigenvalue weighted by Crippen LogP contribution is -2.41. The number of nitrogens with zero attached hydrogens (tertiary/aromatic N) is 1. The first-order valence-electron chi connectivity index (χ1n) is 8.86. The molecule has 0 saturated carbocycles. The number of hydrogen-bond acceptors (Lipinski definition) is 5. The Morgan fingerprint density at radius 3 is 2.71 bits per heavy atom. The first-order chi connectivity index (χ1) is 13.5. The van der Waals surface area contributed by atoms with Gasteiger partial charge >= 0.3 is 0 Å². The van der Waals surface area contributed by atoms with Crippen molar-refractivity contribution in [3.8, 4) is 5.75 Å². The highest BCUT2D eigenvalue weighted by Gasteiger charge is 2.50. The van der Waals surface area contributed by atoms with Crippen LogP contribution in [0.25, 0.3) is 0 Å². The molecule has 0 fully saturated rings. The summed E-state index contributed by atoms with van der Waals surface area (Å²) in [5.41, 5.74) is -0.377. The average Bonchev–Trinajstić information content (AvgIpc) is 3.30. The van der Waals surface area contributed by atoms with Crippen molar-refractivity contribution >= 4 is 28.7 Å². The Bertz CT molecular complexity index is 1030. The second-order valence-electron chi connectivity index (χ2n) is 6.68. The number of methoxy groups -OCH3 is 1. The van der Waals surface area contributed by atoms with E-state index in [1.54, 1.807) is 58.7 Å². The predicted molar refractivity (Wildman–Crippen MR) is 108 cm³/mol. The fourth-order valence-electron chi connectivity index (χ4n) is 3.52. The molecule has 0 bridgehead atoms. The van der Waals surface area contributed by atoms with Crippen LogP contribution in [0.5, 0.6) is 5.75 Å². The van der Waals surface area contributed by atoms with E-state index >= 15 is 0 Å². The van der Waals surface area contributed by atoms with Crippen LogP contribution in [0.3, 0.4) is 0 Å². The largest absolute Gasteiger partial charge is 0.497 e. The number of aliphatic hydroxyl groups is 1. The Morgan fingerprint density at radius 1 is 1.14 bits per heavy atom. The van der Waals surface area contributed by atoms with Gasteiger partial charge in [0.1, 0.15) is 5.75 Å². The molecule has 1 amide bonds. The maximum atomic E-state index is 13.2. The van der Waals surface area contributed by atoms with Gasteiger partial charge in [-0.3, -0.25) is 9.59 Å². The van der Waals surface area contributed by atoms with E-state index in [4.69, 9.17) is 4.74 Å². The van der Waals surface area contributed by atoms with Crippen LogP contribution in [0.1, 0.15) is 27.2 Å². The molecule has 2 heterocycles. The Kier molecular flexibility index (Phi) is 4.75. The van der Waals surface area contributed by atoms with E-state index < -0.39 is 11.5 Å². The van der Waals surface area contributed by atoms with Crippen molar-refractivity contribution in [2.75, 3.05) is 12.0 Å². The first kappa shape index (κ1) is 18.4. The monoisotopic (exact) mass is 393 g/mol. The summed E-state index contributed by atoms with van der Waals surface area (Å²) in [7, 11) is 1.52. The van der Waals surface area contributed by atoms with Crippen LogP contribution < -0.4 is 9.64 Å². The van der Waals surface area contributed by atoms with E-state index in [0.29, 0.717) is 29.1 Å². The molecule has 0 radical (unpaired) electrons. The number of thiophene rings is 1. The summed E-state index contributed by atoms with van der Waals surface area (Å²) in [4.78, 5) is 28.6. The number of carbonyl (C=O) groups excluding carboxylic acids is 2. The SMILES string of the molecule is COc1cccc(C(=O)CC2(O)C(=O)N(Cc3cccs3)c3ccccc32)c1. The van der Waals surface area contributed by atoms with Crippen LogP contribution in [-0.4, -0.2) is 23.9 Å². The Morgan fingerprint density at radius 2 is 1.96 bits per heavy atom. The van der Waals surface area contributed by atoms with Crippen LogP contribution >= 0.6 is 11.3 Å². The zero-order valence-electron chi connectivity index (χ0n) is 15.3. The maximum absolute atomic E-state index is 13.2. The summed E-state index contributed by atoms with van der Waals surface area (Å²) in [6, 6.07) is 17.7. The predicted octanol–water partition coefficient (Wildman–Crippen LogP) is 3.76. The highest BCUT2D eigenvalue weighted by molar-refractivity contribution is 7.09. The Hall–Kier alpha value is -2.96. The van der Waals surface area contributed by atoms with Crippen molar-refractivity contribution in [1.29, 1.82) is 0 Å². The standard InChI is InChI=1S/C22H19NO4S/c1-27-16-7-4-6-15(12-16)20(24)13-22(26)18-9-2-3-10-19(18)23(21(22)25)14-17-8-5-11-28-17/h2-12,26H,13-14H2,1H3. The number of hydrogen-bond donors (Lipinski definition) is 1. The molecule has 5 nitrogen and oxygen atoms in total. The molecule has 1 unspecified atom stereocenters. The molecule has 1 N–H and O–H groups in total. The minimum Gasteiger partial charge on any atom is -0.497 e. The average molecular weight is 393 g/mol. The third-order valence-electron chi connectivity index (χ3n) is 4.94. The molecule has 0 spiro atoms. The molecule has 4 rings (SSSR count). The number of ether oxygens (including phenoxy) is 1. The summed E-state index contributed by atoms with van der Waals surface area (Å²) in [5.74, 6) is -0.240. The van der Waals surface area contributed by atoms with Gasteiger partial charge in [0.15, 0.2) is 11.4 Å². The molecule has 142 valence electrons. The lowest BCUT2D eigenvalue weighted by molar-refractivity contribution is -0.136. The minimum absolute atomic E-state index is 0.317. The molecule has 1 aliphatic heterocycles. The van der Waals surface area contributed by atoms with Gasteiger partial charge in [-0.25, -0.2) is 0 Å². The fraction of sp³-hybridized carbons (Fsp3) is 0.182. The molecule has 3 aromatic rings. The molecular weight excluding hydrogens is 374 g/mol. The zero-order valence-corrected chi connectivity index (χ0v) is 16.1. The highest BCUT2D eigenvalue weighted by atomic mass is 32.1. The van der Waals surface area contributed by atoms with Gasteiger partial charge in [0.05, 0.1) is 25.8 Å². The van der Waals surface area contributed by atoms with Gasteiger partial charge in [0.2, 0.25) is 0 Å². The van der Waals surface area contributed by atoms with Crippen LogP contribution in [0.4, 0.5) is 5.69 Å². The number of amides is 1. The van der Waals surface area contributed by atoms with Crippen molar-refractivity contribution in [2.45, 2.75) is 18.6 Å². The van der Waals surface area contributed by atoms with Crippen LogP contribution in [-0.2, 0) is 16.9 Å². The van der Waals surface area contributed by atoms with Crippen molar-refractivity contribution in [3.63, 3.8) is 0 Å². The number of carbonyl (C=O) groups is 2. The first-order valence-corrected chi connectivity index (χ1v) is 9.74. The number of ketones is 1. The van der Waals surface area contributed by atoms with Crippen LogP contribution in [0, 0.1) is 0 Å². The number of Topliss-reactive ketones (excluding diaryl/α,β-unsaturated/α-hetero) is 1. The van der Waals surface area contributed by atoms with E-state index in [2.05, 4.69) is 0 Å².